The predicted molar refractivity (Wildman–Crippen MR) is 75.9 cm³/mol. The zero-order valence-corrected chi connectivity index (χ0v) is 11.5. The zero-order chi connectivity index (χ0) is 13.1. The van der Waals surface area contributed by atoms with Crippen LogP contribution in [0.2, 0.25) is 0 Å². The molecule has 0 saturated heterocycles. The second kappa shape index (κ2) is 9.95. The number of ether oxygens (including phenoxy) is 1. The van der Waals surface area contributed by atoms with Crippen molar-refractivity contribution in [3.8, 4) is 5.75 Å². The van der Waals surface area contributed by atoms with E-state index in [1.54, 1.807) is 0 Å². The molecule has 2 nitrogen and oxygen atoms in total. The Morgan fingerprint density at radius 3 is 2.44 bits per heavy atom. The third-order valence-electron chi connectivity index (χ3n) is 3.10. The van der Waals surface area contributed by atoms with Crippen LogP contribution in [0, 0.1) is 0 Å². The van der Waals surface area contributed by atoms with E-state index in [1.165, 1.54) is 38.5 Å². The molecule has 1 aromatic rings. The Labute approximate surface area is 111 Å². The van der Waals surface area contributed by atoms with Crippen LogP contribution < -0.4 is 4.74 Å². The third-order valence-corrected chi connectivity index (χ3v) is 3.10. The summed E-state index contributed by atoms with van der Waals surface area (Å²) in [6, 6.07) is 7.67. The number of rotatable bonds is 10. The number of aliphatic hydroxyl groups is 1. The Balaban J connectivity index is 2.03. The number of hydrogen-bond donors (Lipinski definition) is 1. The van der Waals surface area contributed by atoms with E-state index in [0.29, 0.717) is 0 Å². The summed E-state index contributed by atoms with van der Waals surface area (Å²) in [7, 11) is 0. The second-order valence-corrected chi connectivity index (χ2v) is 4.78. The highest BCUT2D eigenvalue weighted by atomic mass is 16.5. The van der Waals surface area contributed by atoms with Crippen molar-refractivity contribution in [1.82, 2.24) is 0 Å². The highest BCUT2D eigenvalue weighted by molar-refractivity contribution is 5.27. The molecule has 0 aromatic heterocycles. The van der Waals surface area contributed by atoms with E-state index in [4.69, 9.17) is 9.84 Å². The van der Waals surface area contributed by atoms with Gasteiger partial charge in [-0.05, 0) is 24.1 Å². The highest BCUT2D eigenvalue weighted by Gasteiger charge is 1.96. The molecule has 18 heavy (non-hydrogen) atoms. The predicted octanol–water partition coefficient (Wildman–Crippen LogP) is 4.31. The van der Waals surface area contributed by atoms with Gasteiger partial charge in [0.15, 0.2) is 0 Å². The first kappa shape index (κ1) is 15.0. The molecule has 1 rings (SSSR count). The van der Waals surface area contributed by atoms with Crippen LogP contribution in [0.15, 0.2) is 24.3 Å². The zero-order valence-electron chi connectivity index (χ0n) is 11.5. The maximum Gasteiger partial charge on any atom is 0.119 e. The Morgan fingerprint density at radius 2 is 1.72 bits per heavy atom. The fourth-order valence-corrected chi connectivity index (χ4v) is 1.98. The molecule has 0 amide bonds. The molecule has 0 atom stereocenters. The standard InChI is InChI=1S/C16H26O2/c1-2-3-4-5-6-7-8-12-18-16-11-9-10-15(13-16)14-17/h9-11,13,17H,2-8,12,14H2,1H3. The summed E-state index contributed by atoms with van der Waals surface area (Å²) in [4.78, 5) is 0. The van der Waals surface area contributed by atoms with Gasteiger partial charge in [-0.1, -0.05) is 57.6 Å². The fourth-order valence-electron chi connectivity index (χ4n) is 1.98. The molecule has 2 heteroatoms. The van der Waals surface area contributed by atoms with Gasteiger partial charge in [-0.2, -0.15) is 0 Å². The Kier molecular flexibility index (Phi) is 8.32. The number of benzene rings is 1. The number of unbranched alkanes of at least 4 members (excludes halogenated alkanes) is 6. The molecule has 0 aliphatic rings. The molecule has 0 aliphatic heterocycles. The quantitative estimate of drug-likeness (QED) is 0.627. The smallest absolute Gasteiger partial charge is 0.119 e. The van der Waals surface area contributed by atoms with Gasteiger partial charge in [0.25, 0.3) is 0 Å². The van der Waals surface area contributed by atoms with E-state index < -0.39 is 0 Å². The van der Waals surface area contributed by atoms with Gasteiger partial charge in [0.1, 0.15) is 5.75 Å². The van der Waals surface area contributed by atoms with E-state index in [2.05, 4.69) is 6.92 Å². The van der Waals surface area contributed by atoms with Crippen LogP contribution in [0.1, 0.15) is 57.4 Å². The molecule has 0 bridgehead atoms. The molecule has 0 radical (unpaired) electrons. The molecule has 0 unspecified atom stereocenters. The first-order valence-electron chi connectivity index (χ1n) is 7.19. The number of hydrogen-bond acceptors (Lipinski definition) is 2. The van der Waals surface area contributed by atoms with E-state index in [9.17, 15) is 0 Å². The molecular formula is C16H26O2. The molecule has 1 N–H and O–H groups in total. The SMILES string of the molecule is CCCCCCCCCOc1cccc(CO)c1. The van der Waals surface area contributed by atoms with Crippen molar-refractivity contribution in [2.24, 2.45) is 0 Å². The fraction of sp³-hybridized carbons (Fsp3) is 0.625. The maximum atomic E-state index is 9.02. The second-order valence-electron chi connectivity index (χ2n) is 4.78. The largest absolute Gasteiger partial charge is 0.494 e. The van der Waals surface area contributed by atoms with Crippen LogP contribution in [0.25, 0.3) is 0 Å². The topological polar surface area (TPSA) is 29.5 Å². The van der Waals surface area contributed by atoms with Gasteiger partial charge >= 0.3 is 0 Å². The Bertz CT molecular complexity index is 310. The first-order chi connectivity index (χ1) is 8.86. The summed E-state index contributed by atoms with van der Waals surface area (Å²) >= 11 is 0. The molecule has 0 spiro atoms. The van der Waals surface area contributed by atoms with E-state index in [1.807, 2.05) is 24.3 Å². The summed E-state index contributed by atoms with van der Waals surface area (Å²) in [5, 5.41) is 9.02. The maximum absolute atomic E-state index is 9.02. The Hall–Kier alpha value is -1.02. The van der Waals surface area contributed by atoms with E-state index >= 15 is 0 Å². The van der Waals surface area contributed by atoms with Crippen molar-refractivity contribution in [2.45, 2.75) is 58.5 Å². The minimum Gasteiger partial charge on any atom is -0.494 e. The average Bonchev–Trinajstić information content (AvgIpc) is 2.42. The Morgan fingerprint density at radius 1 is 1.00 bits per heavy atom. The normalized spacial score (nSPS) is 10.6. The summed E-state index contributed by atoms with van der Waals surface area (Å²) in [6.07, 6.45) is 9.09. The average molecular weight is 250 g/mol. The van der Waals surface area contributed by atoms with Crippen molar-refractivity contribution in [3.63, 3.8) is 0 Å². The molecular weight excluding hydrogens is 224 g/mol. The minimum absolute atomic E-state index is 0.0780. The van der Waals surface area contributed by atoms with Gasteiger partial charge in [-0.15, -0.1) is 0 Å². The van der Waals surface area contributed by atoms with Crippen LogP contribution >= 0.6 is 0 Å². The van der Waals surface area contributed by atoms with Crippen molar-refractivity contribution >= 4 is 0 Å². The number of aliphatic hydroxyl groups excluding tert-OH is 1. The van der Waals surface area contributed by atoms with Crippen molar-refractivity contribution in [1.29, 1.82) is 0 Å². The summed E-state index contributed by atoms with van der Waals surface area (Å²) in [5.74, 6) is 0.868. The molecule has 0 aliphatic carbocycles. The van der Waals surface area contributed by atoms with E-state index in [0.717, 1.165) is 24.3 Å². The van der Waals surface area contributed by atoms with Crippen molar-refractivity contribution in [2.75, 3.05) is 6.61 Å². The first-order valence-corrected chi connectivity index (χ1v) is 7.19. The van der Waals surface area contributed by atoms with Crippen LogP contribution in [0.4, 0.5) is 0 Å². The lowest BCUT2D eigenvalue weighted by atomic mass is 10.1. The lowest BCUT2D eigenvalue weighted by molar-refractivity contribution is 0.278. The molecule has 1 aromatic carbocycles. The van der Waals surface area contributed by atoms with Gasteiger partial charge in [0.05, 0.1) is 13.2 Å². The van der Waals surface area contributed by atoms with Crippen LogP contribution in [0.5, 0.6) is 5.75 Å². The summed E-state index contributed by atoms with van der Waals surface area (Å²) in [6.45, 7) is 3.10. The monoisotopic (exact) mass is 250 g/mol. The summed E-state index contributed by atoms with van der Waals surface area (Å²) < 4.78 is 5.67. The molecule has 0 saturated carbocycles. The van der Waals surface area contributed by atoms with Gasteiger partial charge in [0.2, 0.25) is 0 Å². The summed E-state index contributed by atoms with van der Waals surface area (Å²) in [5.41, 5.74) is 0.909. The van der Waals surface area contributed by atoms with Crippen LogP contribution in [-0.4, -0.2) is 11.7 Å². The lowest BCUT2D eigenvalue weighted by Crippen LogP contribution is -1.97. The molecule has 0 fully saturated rings. The van der Waals surface area contributed by atoms with Crippen molar-refractivity contribution in [3.05, 3.63) is 29.8 Å². The van der Waals surface area contributed by atoms with Gasteiger partial charge in [0, 0.05) is 0 Å². The minimum atomic E-state index is 0.0780. The van der Waals surface area contributed by atoms with Gasteiger partial charge in [-0.3, -0.25) is 0 Å². The van der Waals surface area contributed by atoms with Crippen LogP contribution in [-0.2, 0) is 6.61 Å². The molecule has 102 valence electrons. The lowest BCUT2D eigenvalue weighted by Gasteiger charge is -2.07. The molecule has 0 heterocycles. The third kappa shape index (κ3) is 6.65. The van der Waals surface area contributed by atoms with E-state index in [-0.39, 0.29) is 6.61 Å². The van der Waals surface area contributed by atoms with Gasteiger partial charge < -0.3 is 9.84 Å². The van der Waals surface area contributed by atoms with Crippen molar-refractivity contribution < 1.29 is 9.84 Å². The van der Waals surface area contributed by atoms with Gasteiger partial charge in [-0.25, -0.2) is 0 Å². The highest BCUT2D eigenvalue weighted by Crippen LogP contribution is 2.14. The van der Waals surface area contributed by atoms with Crippen LogP contribution in [0.3, 0.4) is 0 Å².